The summed E-state index contributed by atoms with van der Waals surface area (Å²) in [6.07, 6.45) is 0. The first-order valence-corrected chi connectivity index (χ1v) is 28.4. The van der Waals surface area contributed by atoms with Crippen molar-refractivity contribution in [3.63, 3.8) is 0 Å². The number of anilines is 4. The first-order chi connectivity index (χ1) is 40.6. The van der Waals surface area contributed by atoms with E-state index in [0.717, 1.165) is 100 Å². The Hall–Kier alpha value is -10.6. The predicted octanol–water partition coefficient (Wildman–Crippen LogP) is 19.5. The first kappa shape index (κ1) is 47.4. The van der Waals surface area contributed by atoms with Gasteiger partial charge in [0.25, 0.3) is 0 Å². The van der Waals surface area contributed by atoms with E-state index >= 15 is 0 Å². The SMILES string of the molecule is Cc1nc2cccc(-c3c4cccc(-c5cccc6c5Nc5ccccc5C6(c5ccccc5)c5ccccc5)c4cc4c(-c5cccc6c5Nc5ccccc5C6(c5ccccc5)c5ccccc5)cccc34)c2n1-c1ccccc1. The summed E-state index contributed by atoms with van der Waals surface area (Å²) >= 11 is 0. The van der Waals surface area contributed by atoms with Crippen molar-refractivity contribution in [2.75, 3.05) is 10.6 Å². The fraction of sp³-hybridized carbons (Fsp3) is 0.0385. The summed E-state index contributed by atoms with van der Waals surface area (Å²) in [7, 11) is 0. The van der Waals surface area contributed by atoms with Gasteiger partial charge < -0.3 is 10.6 Å². The molecule has 0 saturated heterocycles. The number of hydrogen-bond acceptors (Lipinski definition) is 3. The number of para-hydroxylation sites is 6. The third kappa shape index (κ3) is 6.88. The van der Waals surface area contributed by atoms with Crippen LogP contribution < -0.4 is 10.6 Å². The van der Waals surface area contributed by atoms with Crippen molar-refractivity contribution >= 4 is 55.3 Å². The van der Waals surface area contributed by atoms with Crippen LogP contribution in [0.25, 0.3) is 71.6 Å². The molecule has 0 amide bonds. The van der Waals surface area contributed by atoms with Crippen molar-refractivity contribution in [2.24, 2.45) is 0 Å². The number of rotatable bonds is 8. The van der Waals surface area contributed by atoms with Crippen molar-refractivity contribution in [2.45, 2.75) is 17.8 Å². The van der Waals surface area contributed by atoms with Gasteiger partial charge in [-0.25, -0.2) is 4.98 Å². The fourth-order valence-electron chi connectivity index (χ4n) is 14.4. The Balaban J connectivity index is 1.02. The highest BCUT2D eigenvalue weighted by molar-refractivity contribution is 6.22. The van der Waals surface area contributed by atoms with Gasteiger partial charge in [-0.15, -0.1) is 0 Å². The smallest absolute Gasteiger partial charge is 0.111 e. The largest absolute Gasteiger partial charge is 0.354 e. The molecule has 4 nitrogen and oxygen atoms in total. The number of aryl methyl sites for hydroxylation is 1. The summed E-state index contributed by atoms with van der Waals surface area (Å²) in [6, 6.07) is 110. The highest BCUT2D eigenvalue weighted by Gasteiger charge is 2.46. The Morgan fingerprint density at radius 2 is 0.683 bits per heavy atom. The summed E-state index contributed by atoms with van der Waals surface area (Å²) in [6.45, 7) is 2.12. The second-order valence-corrected chi connectivity index (χ2v) is 21.8. The first-order valence-electron chi connectivity index (χ1n) is 28.4. The summed E-state index contributed by atoms with van der Waals surface area (Å²) in [5.74, 6) is 0.935. The lowest BCUT2D eigenvalue weighted by Crippen LogP contribution is -2.35. The molecule has 3 heterocycles. The molecule has 0 spiro atoms. The number of benzene rings is 13. The van der Waals surface area contributed by atoms with Crippen LogP contribution in [0.15, 0.2) is 297 Å². The zero-order valence-corrected chi connectivity index (χ0v) is 45.2. The Bertz CT molecular complexity index is 4480. The van der Waals surface area contributed by atoms with Gasteiger partial charge in [0.05, 0.1) is 33.2 Å². The van der Waals surface area contributed by atoms with E-state index in [0.29, 0.717) is 0 Å². The van der Waals surface area contributed by atoms with Crippen LogP contribution in [-0.2, 0) is 10.8 Å². The summed E-state index contributed by atoms with van der Waals surface area (Å²) in [4.78, 5) is 5.27. The Kier molecular flexibility index (Phi) is 10.9. The molecule has 0 saturated carbocycles. The maximum absolute atomic E-state index is 5.27. The lowest BCUT2D eigenvalue weighted by atomic mass is 9.62. The van der Waals surface area contributed by atoms with Crippen LogP contribution in [0, 0.1) is 6.92 Å². The van der Waals surface area contributed by atoms with Crippen LogP contribution in [0.4, 0.5) is 22.7 Å². The van der Waals surface area contributed by atoms with E-state index in [1.54, 1.807) is 0 Å². The molecule has 2 aliphatic rings. The summed E-state index contributed by atoms with van der Waals surface area (Å²) in [5.41, 5.74) is 22.8. The van der Waals surface area contributed by atoms with E-state index in [9.17, 15) is 0 Å². The topological polar surface area (TPSA) is 41.9 Å². The average Bonchev–Trinajstić information content (AvgIpc) is 2.62. The molecule has 0 unspecified atom stereocenters. The minimum atomic E-state index is -0.624. The zero-order chi connectivity index (χ0) is 54.4. The van der Waals surface area contributed by atoms with Crippen LogP contribution in [0.2, 0.25) is 0 Å². The number of aromatic nitrogens is 2. The van der Waals surface area contributed by atoms with Gasteiger partial charge >= 0.3 is 0 Å². The maximum Gasteiger partial charge on any atom is 0.111 e. The predicted molar refractivity (Wildman–Crippen MR) is 340 cm³/mol. The van der Waals surface area contributed by atoms with E-state index in [4.69, 9.17) is 4.98 Å². The molecule has 1 aromatic heterocycles. The monoisotopic (exact) mass is 1050 g/mol. The van der Waals surface area contributed by atoms with Crippen LogP contribution in [0.1, 0.15) is 50.3 Å². The van der Waals surface area contributed by atoms with Crippen molar-refractivity contribution in [1.82, 2.24) is 9.55 Å². The second kappa shape index (κ2) is 18.8. The average molecular weight is 1050 g/mol. The summed E-state index contributed by atoms with van der Waals surface area (Å²) in [5, 5.41) is 12.8. The van der Waals surface area contributed by atoms with Gasteiger partial charge in [0.2, 0.25) is 0 Å². The lowest BCUT2D eigenvalue weighted by Gasteiger charge is -2.43. The molecular formula is C78H54N4. The molecule has 386 valence electrons. The van der Waals surface area contributed by atoms with Crippen LogP contribution in [0.5, 0.6) is 0 Å². The molecule has 0 aliphatic carbocycles. The minimum Gasteiger partial charge on any atom is -0.354 e. The molecule has 2 N–H and O–H groups in total. The highest BCUT2D eigenvalue weighted by atomic mass is 15.1. The molecule has 0 atom stereocenters. The van der Waals surface area contributed by atoms with Gasteiger partial charge in [-0.1, -0.05) is 261 Å². The summed E-state index contributed by atoms with van der Waals surface area (Å²) < 4.78 is 2.34. The zero-order valence-electron chi connectivity index (χ0n) is 45.2. The Morgan fingerprint density at radius 3 is 1.15 bits per heavy atom. The standard InChI is InChI=1S/C78H54N4/c1-51-79-72-49-25-42-63(76(72)82(51)56-34-15-6-16-35-56)73-59-38-21-36-57(61-40-23-45-68-74(61)80-70-47-19-17-43-66(70)77(68,52-26-7-2-8-27-52)53-28-9-3-10-29-53)64(59)50-65-58(37-22-39-60(65)73)62-41-24-46-69-75(62)81-71-48-20-18-44-67(71)78(69,54-30-11-4-12-31-54)55-32-13-5-14-33-55/h2-50,80-81H,1H3. The Morgan fingerprint density at radius 1 is 0.317 bits per heavy atom. The van der Waals surface area contributed by atoms with E-state index in [-0.39, 0.29) is 0 Å². The van der Waals surface area contributed by atoms with Crippen molar-refractivity contribution < 1.29 is 0 Å². The molecule has 82 heavy (non-hydrogen) atoms. The molecule has 0 fully saturated rings. The minimum absolute atomic E-state index is 0.624. The van der Waals surface area contributed by atoms with Gasteiger partial charge in [0.1, 0.15) is 5.82 Å². The van der Waals surface area contributed by atoms with Gasteiger partial charge in [-0.2, -0.15) is 0 Å². The van der Waals surface area contributed by atoms with Gasteiger partial charge in [-0.05, 0) is 126 Å². The third-order valence-electron chi connectivity index (χ3n) is 17.7. The van der Waals surface area contributed by atoms with Gasteiger partial charge in [-0.3, -0.25) is 4.57 Å². The number of nitrogens with one attached hydrogen (secondary N) is 2. The molecule has 2 aliphatic heterocycles. The van der Waals surface area contributed by atoms with Crippen LogP contribution >= 0.6 is 0 Å². The van der Waals surface area contributed by atoms with Gasteiger partial charge in [0, 0.05) is 33.8 Å². The lowest BCUT2D eigenvalue weighted by molar-refractivity contribution is 0.741. The highest BCUT2D eigenvalue weighted by Crippen LogP contribution is 2.59. The van der Waals surface area contributed by atoms with Gasteiger partial charge in [0.15, 0.2) is 0 Å². The van der Waals surface area contributed by atoms with Crippen molar-refractivity contribution in [3.05, 3.63) is 348 Å². The maximum atomic E-state index is 5.27. The number of nitrogens with zero attached hydrogens (tertiary/aromatic N) is 2. The quantitative estimate of drug-likeness (QED) is 0.149. The van der Waals surface area contributed by atoms with E-state index in [1.807, 2.05) is 0 Å². The third-order valence-corrected chi connectivity index (χ3v) is 17.7. The number of imidazole rings is 1. The molecular weight excluding hydrogens is 993 g/mol. The van der Waals surface area contributed by atoms with Crippen LogP contribution in [0.3, 0.4) is 0 Å². The Labute approximate surface area is 477 Å². The van der Waals surface area contributed by atoms with Crippen molar-refractivity contribution in [3.8, 4) is 39.1 Å². The molecule has 13 aromatic carbocycles. The number of hydrogen-bond donors (Lipinski definition) is 2. The molecule has 16 rings (SSSR count). The van der Waals surface area contributed by atoms with Crippen molar-refractivity contribution in [1.29, 1.82) is 0 Å². The van der Waals surface area contributed by atoms with E-state index in [1.165, 1.54) is 44.5 Å². The second-order valence-electron chi connectivity index (χ2n) is 21.8. The molecule has 0 bridgehead atoms. The van der Waals surface area contributed by atoms with E-state index < -0.39 is 10.8 Å². The molecule has 4 heteroatoms. The molecule has 14 aromatic rings. The fourth-order valence-corrected chi connectivity index (χ4v) is 14.4. The molecule has 0 radical (unpaired) electrons. The van der Waals surface area contributed by atoms with Crippen LogP contribution in [-0.4, -0.2) is 9.55 Å². The normalized spacial score (nSPS) is 13.6. The number of fused-ring (bicyclic) bond motifs is 7. The van der Waals surface area contributed by atoms with E-state index in [2.05, 4.69) is 319 Å².